The molecule has 1 aromatic carbocycles. The Hall–Kier alpha value is -1.55. The van der Waals surface area contributed by atoms with Crippen LogP contribution in [0.3, 0.4) is 0 Å². The summed E-state index contributed by atoms with van der Waals surface area (Å²) in [7, 11) is 1.71. The number of para-hydroxylation sites is 2. The minimum absolute atomic E-state index is 0.0654. The van der Waals surface area contributed by atoms with E-state index in [1.807, 2.05) is 54.2 Å². The molecule has 2 aromatic rings. The third-order valence-electron chi connectivity index (χ3n) is 3.73. The van der Waals surface area contributed by atoms with Gasteiger partial charge in [-0.1, -0.05) is 12.1 Å². The van der Waals surface area contributed by atoms with E-state index >= 15 is 0 Å². The molecule has 1 heterocycles. The molecular formula is C15H22N2O2. The van der Waals surface area contributed by atoms with Crippen LogP contribution < -0.4 is 5.69 Å². The van der Waals surface area contributed by atoms with Gasteiger partial charge in [-0.15, -0.1) is 0 Å². The zero-order chi connectivity index (χ0) is 14.0. The Morgan fingerprint density at radius 1 is 1.16 bits per heavy atom. The average molecular weight is 262 g/mol. The summed E-state index contributed by atoms with van der Waals surface area (Å²) >= 11 is 0. The van der Waals surface area contributed by atoms with Crippen LogP contribution in [0.15, 0.2) is 29.1 Å². The van der Waals surface area contributed by atoms with E-state index in [0.29, 0.717) is 13.1 Å². The van der Waals surface area contributed by atoms with Crippen molar-refractivity contribution in [3.8, 4) is 0 Å². The molecule has 0 saturated heterocycles. The zero-order valence-corrected chi connectivity index (χ0v) is 12.1. The molecule has 0 bridgehead atoms. The summed E-state index contributed by atoms with van der Waals surface area (Å²) in [4.78, 5) is 12.4. The van der Waals surface area contributed by atoms with Gasteiger partial charge in [0.1, 0.15) is 0 Å². The Labute approximate surface area is 113 Å². The predicted octanol–water partition coefficient (Wildman–Crippen LogP) is 2.64. The van der Waals surface area contributed by atoms with Crippen molar-refractivity contribution >= 4 is 11.0 Å². The number of benzene rings is 1. The molecule has 0 N–H and O–H groups in total. The highest BCUT2D eigenvalue weighted by molar-refractivity contribution is 5.75. The highest BCUT2D eigenvalue weighted by atomic mass is 16.5. The molecule has 104 valence electrons. The van der Waals surface area contributed by atoms with Crippen LogP contribution in [0.2, 0.25) is 0 Å². The second-order valence-corrected chi connectivity index (χ2v) is 5.38. The van der Waals surface area contributed by atoms with Crippen molar-refractivity contribution in [2.45, 2.75) is 45.9 Å². The van der Waals surface area contributed by atoms with Crippen LogP contribution in [0, 0.1) is 0 Å². The molecule has 0 aliphatic carbocycles. The van der Waals surface area contributed by atoms with Gasteiger partial charge in [-0.3, -0.25) is 9.13 Å². The van der Waals surface area contributed by atoms with E-state index in [2.05, 4.69) is 0 Å². The molecular weight excluding hydrogens is 240 g/mol. The fourth-order valence-corrected chi connectivity index (χ4v) is 2.28. The van der Waals surface area contributed by atoms with Crippen LogP contribution in [0.1, 0.15) is 27.2 Å². The van der Waals surface area contributed by atoms with Gasteiger partial charge in [0, 0.05) is 20.2 Å². The van der Waals surface area contributed by atoms with Crippen LogP contribution in [-0.2, 0) is 17.8 Å². The summed E-state index contributed by atoms with van der Waals surface area (Å²) in [6, 6.07) is 7.94. The van der Waals surface area contributed by atoms with Crippen LogP contribution in [-0.4, -0.2) is 21.8 Å². The largest absolute Gasteiger partial charge is 0.379 e. The van der Waals surface area contributed by atoms with E-state index in [1.165, 1.54) is 0 Å². The molecule has 0 radical (unpaired) electrons. The summed E-state index contributed by atoms with van der Waals surface area (Å²) in [5.41, 5.74) is 1.86. The number of methoxy groups -OCH3 is 1. The monoisotopic (exact) mass is 262 g/mol. The zero-order valence-electron chi connectivity index (χ0n) is 12.1. The molecule has 1 aromatic heterocycles. The van der Waals surface area contributed by atoms with Gasteiger partial charge in [-0.05, 0) is 39.3 Å². The van der Waals surface area contributed by atoms with Crippen molar-refractivity contribution < 1.29 is 4.74 Å². The molecule has 0 atom stereocenters. The van der Waals surface area contributed by atoms with Gasteiger partial charge in [-0.2, -0.15) is 0 Å². The van der Waals surface area contributed by atoms with Crippen LogP contribution in [0.4, 0.5) is 0 Å². The van der Waals surface area contributed by atoms with Crippen molar-refractivity contribution in [2.24, 2.45) is 0 Å². The third kappa shape index (κ3) is 2.59. The highest BCUT2D eigenvalue weighted by Gasteiger charge is 2.18. The number of rotatable bonds is 5. The summed E-state index contributed by atoms with van der Waals surface area (Å²) in [6.07, 6.45) is 0.807. The van der Waals surface area contributed by atoms with E-state index in [1.54, 1.807) is 7.11 Å². The Morgan fingerprint density at radius 2 is 1.74 bits per heavy atom. The van der Waals surface area contributed by atoms with E-state index in [4.69, 9.17) is 4.74 Å². The van der Waals surface area contributed by atoms with Gasteiger partial charge in [-0.25, -0.2) is 4.79 Å². The molecule has 19 heavy (non-hydrogen) atoms. The topological polar surface area (TPSA) is 36.2 Å². The van der Waals surface area contributed by atoms with E-state index in [-0.39, 0.29) is 11.3 Å². The van der Waals surface area contributed by atoms with Crippen LogP contribution >= 0.6 is 0 Å². The number of ether oxygens (including phenoxy) is 1. The van der Waals surface area contributed by atoms with Gasteiger partial charge >= 0.3 is 5.69 Å². The maximum atomic E-state index is 12.4. The molecule has 0 fully saturated rings. The van der Waals surface area contributed by atoms with Gasteiger partial charge in [0.2, 0.25) is 0 Å². The molecule has 0 amide bonds. The third-order valence-corrected chi connectivity index (χ3v) is 3.73. The van der Waals surface area contributed by atoms with Crippen molar-refractivity contribution in [3.63, 3.8) is 0 Å². The lowest BCUT2D eigenvalue weighted by Gasteiger charge is -2.22. The lowest BCUT2D eigenvalue weighted by atomic mass is 10.1. The Kier molecular flexibility index (Phi) is 3.80. The molecule has 0 aliphatic heterocycles. The van der Waals surface area contributed by atoms with Crippen molar-refractivity contribution in [2.75, 3.05) is 7.11 Å². The Morgan fingerprint density at radius 3 is 2.26 bits per heavy atom. The minimum Gasteiger partial charge on any atom is -0.379 e. The molecule has 4 nitrogen and oxygen atoms in total. The SMILES string of the molecule is CCn1c(=O)n(CCC(C)(C)OC)c2ccccc21. The molecule has 0 saturated carbocycles. The molecule has 0 unspecified atom stereocenters. The van der Waals surface area contributed by atoms with Gasteiger partial charge in [0.05, 0.1) is 16.6 Å². The second-order valence-electron chi connectivity index (χ2n) is 5.38. The smallest absolute Gasteiger partial charge is 0.329 e. The Balaban J connectivity index is 2.43. The predicted molar refractivity (Wildman–Crippen MR) is 77.6 cm³/mol. The standard InChI is InChI=1S/C15H22N2O2/c1-5-16-12-8-6-7-9-13(12)17(14(16)18)11-10-15(2,3)19-4/h6-9H,5,10-11H2,1-4H3. The first-order valence-corrected chi connectivity index (χ1v) is 6.73. The number of aromatic nitrogens is 2. The van der Waals surface area contributed by atoms with E-state index in [9.17, 15) is 4.79 Å². The van der Waals surface area contributed by atoms with Gasteiger partial charge in [0.15, 0.2) is 0 Å². The number of aryl methyl sites for hydroxylation is 2. The summed E-state index contributed by atoms with van der Waals surface area (Å²) in [6.45, 7) is 7.44. The number of nitrogens with zero attached hydrogens (tertiary/aromatic N) is 2. The molecule has 2 rings (SSSR count). The van der Waals surface area contributed by atoms with Gasteiger partial charge in [0.25, 0.3) is 0 Å². The number of imidazole rings is 1. The fourth-order valence-electron chi connectivity index (χ4n) is 2.28. The quantitative estimate of drug-likeness (QED) is 0.830. The first-order valence-electron chi connectivity index (χ1n) is 6.73. The van der Waals surface area contributed by atoms with Gasteiger partial charge < -0.3 is 4.74 Å². The van der Waals surface area contributed by atoms with Crippen molar-refractivity contribution in [1.29, 1.82) is 0 Å². The molecule has 4 heteroatoms. The van der Waals surface area contributed by atoms with Crippen molar-refractivity contribution in [3.05, 3.63) is 34.7 Å². The van der Waals surface area contributed by atoms with E-state index < -0.39 is 0 Å². The summed E-state index contributed by atoms with van der Waals surface area (Å²) in [5, 5.41) is 0. The lowest BCUT2D eigenvalue weighted by molar-refractivity contribution is 0.0121. The maximum Gasteiger partial charge on any atom is 0.329 e. The minimum atomic E-state index is -0.213. The average Bonchev–Trinajstić information content (AvgIpc) is 2.68. The number of fused-ring (bicyclic) bond motifs is 1. The summed E-state index contributed by atoms with van der Waals surface area (Å²) in [5.74, 6) is 0. The first kappa shape index (κ1) is 13.9. The first-order chi connectivity index (χ1) is 9.00. The van der Waals surface area contributed by atoms with Crippen LogP contribution in [0.5, 0.6) is 0 Å². The van der Waals surface area contributed by atoms with E-state index in [0.717, 1.165) is 17.5 Å². The second kappa shape index (κ2) is 5.21. The van der Waals surface area contributed by atoms with Crippen LogP contribution in [0.25, 0.3) is 11.0 Å². The van der Waals surface area contributed by atoms with Crippen molar-refractivity contribution in [1.82, 2.24) is 9.13 Å². The normalized spacial score (nSPS) is 12.2. The molecule has 0 aliphatic rings. The molecule has 0 spiro atoms. The summed E-state index contributed by atoms with van der Waals surface area (Å²) < 4.78 is 9.08. The maximum absolute atomic E-state index is 12.4. The Bertz CT molecular complexity index is 623. The fraction of sp³-hybridized carbons (Fsp3) is 0.533. The highest BCUT2D eigenvalue weighted by Crippen LogP contribution is 2.17. The number of hydrogen-bond donors (Lipinski definition) is 0. The lowest BCUT2D eigenvalue weighted by Crippen LogP contribution is -2.29. The number of hydrogen-bond acceptors (Lipinski definition) is 2.